The highest BCUT2D eigenvalue weighted by Gasteiger charge is 2.22. The third-order valence-corrected chi connectivity index (χ3v) is 3.93. The van der Waals surface area contributed by atoms with Crippen molar-refractivity contribution in [1.82, 2.24) is 10.6 Å². The number of benzene rings is 1. The van der Waals surface area contributed by atoms with Crippen LogP contribution in [-0.4, -0.2) is 19.0 Å². The van der Waals surface area contributed by atoms with Crippen LogP contribution in [0.25, 0.3) is 0 Å². The minimum atomic E-state index is 0.0625. The molecular weight excluding hydrogens is 292 g/mol. The second-order valence-electron chi connectivity index (χ2n) is 4.83. The number of nitrogens with one attached hydrogen (secondary N) is 2. The summed E-state index contributed by atoms with van der Waals surface area (Å²) in [7, 11) is 0. The predicted octanol–water partition coefficient (Wildman–Crippen LogP) is 2.63. The van der Waals surface area contributed by atoms with Crippen molar-refractivity contribution < 1.29 is 4.79 Å². The average Bonchev–Trinajstić information content (AvgIpc) is 2.40. The lowest BCUT2D eigenvalue weighted by atomic mass is 9.98. The van der Waals surface area contributed by atoms with Crippen LogP contribution in [0.2, 0.25) is 0 Å². The van der Waals surface area contributed by atoms with E-state index in [0.717, 1.165) is 36.0 Å². The maximum atomic E-state index is 12.1. The molecule has 1 aliphatic rings. The Balaban J connectivity index is 1.91. The Hall–Kier alpha value is -0.870. The van der Waals surface area contributed by atoms with Crippen molar-refractivity contribution in [2.24, 2.45) is 5.92 Å². The van der Waals surface area contributed by atoms with E-state index in [4.69, 9.17) is 0 Å². The smallest absolute Gasteiger partial charge is 0.224 e. The van der Waals surface area contributed by atoms with Crippen molar-refractivity contribution in [2.45, 2.75) is 25.8 Å². The molecule has 3 nitrogen and oxygen atoms in total. The quantitative estimate of drug-likeness (QED) is 0.901. The first-order chi connectivity index (χ1) is 8.66. The molecule has 98 valence electrons. The molecule has 1 fully saturated rings. The van der Waals surface area contributed by atoms with Crippen molar-refractivity contribution in [2.75, 3.05) is 13.1 Å². The first kappa shape index (κ1) is 13.6. The van der Waals surface area contributed by atoms with Crippen molar-refractivity contribution in [3.63, 3.8) is 0 Å². The second kappa shape index (κ2) is 6.34. The van der Waals surface area contributed by atoms with E-state index in [1.54, 1.807) is 0 Å². The summed E-state index contributed by atoms with van der Waals surface area (Å²) in [4.78, 5) is 12.1. The van der Waals surface area contributed by atoms with E-state index >= 15 is 0 Å². The highest BCUT2D eigenvalue weighted by atomic mass is 79.9. The van der Waals surface area contributed by atoms with Gasteiger partial charge in [0.1, 0.15) is 0 Å². The number of hydrogen-bond acceptors (Lipinski definition) is 2. The van der Waals surface area contributed by atoms with E-state index in [0.29, 0.717) is 0 Å². The minimum Gasteiger partial charge on any atom is -0.349 e. The molecule has 0 radical (unpaired) electrons. The van der Waals surface area contributed by atoms with E-state index in [-0.39, 0.29) is 17.9 Å². The Morgan fingerprint density at radius 3 is 2.78 bits per heavy atom. The van der Waals surface area contributed by atoms with Crippen LogP contribution in [0, 0.1) is 5.92 Å². The van der Waals surface area contributed by atoms with Crippen LogP contribution in [-0.2, 0) is 4.79 Å². The number of amides is 1. The normalized spacial score (nSPS) is 21.3. The number of carbonyl (C=O) groups excluding carboxylic acids is 1. The van der Waals surface area contributed by atoms with Crippen LogP contribution in [0.4, 0.5) is 0 Å². The maximum Gasteiger partial charge on any atom is 0.224 e. The summed E-state index contributed by atoms with van der Waals surface area (Å²) in [5.41, 5.74) is 1.13. The number of carbonyl (C=O) groups is 1. The summed E-state index contributed by atoms with van der Waals surface area (Å²) in [6.45, 7) is 3.86. The molecule has 2 rings (SSSR count). The fraction of sp³-hybridized carbons (Fsp3) is 0.500. The number of halogens is 1. The summed E-state index contributed by atoms with van der Waals surface area (Å²) in [5.74, 6) is 0.286. The Morgan fingerprint density at radius 2 is 2.17 bits per heavy atom. The van der Waals surface area contributed by atoms with Crippen molar-refractivity contribution in [3.8, 4) is 0 Å². The van der Waals surface area contributed by atoms with Gasteiger partial charge < -0.3 is 10.6 Å². The lowest BCUT2D eigenvalue weighted by molar-refractivity contribution is -0.126. The first-order valence-corrected chi connectivity index (χ1v) is 7.22. The third kappa shape index (κ3) is 3.56. The zero-order valence-corrected chi connectivity index (χ0v) is 12.2. The molecule has 1 unspecified atom stereocenters. The molecule has 0 bridgehead atoms. The molecule has 0 aromatic heterocycles. The zero-order chi connectivity index (χ0) is 13.0. The topological polar surface area (TPSA) is 41.1 Å². The first-order valence-electron chi connectivity index (χ1n) is 6.43. The third-order valence-electron chi connectivity index (χ3n) is 3.40. The van der Waals surface area contributed by atoms with Crippen LogP contribution in [0.15, 0.2) is 28.7 Å². The van der Waals surface area contributed by atoms with E-state index in [1.165, 1.54) is 0 Å². The maximum absolute atomic E-state index is 12.1. The fourth-order valence-corrected chi connectivity index (χ4v) is 2.51. The summed E-state index contributed by atoms with van der Waals surface area (Å²) in [6.07, 6.45) is 2.08. The molecule has 2 atom stereocenters. The van der Waals surface area contributed by atoms with Gasteiger partial charge in [0, 0.05) is 11.0 Å². The van der Waals surface area contributed by atoms with Crippen molar-refractivity contribution in [3.05, 3.63) is 34.3 Å². The lowest BCUT2D eigenvalue weighted by Gasteiger charge is -2.24. The minimum absolute atomic E-state index is 0.0625. The zero-order valence-electron chi connectivity index (χ0n) is 10.6. The number of rotatable bonds is 3. The van der Waals surface area contributed by atoms with E-state index in [1.807, 2.05) is 31.2 Å². The molecule has 1 aliphatic heterocycles. The van der Waals surface area contributed by atoms with Gasteiger partial charge in [0.2, 0.25) is 5.91 Å². The Labute approximate surface area is 116 Å². The van der Waals surface area contributed by atoms with Crippen LogP contribution < -0.4 is 10.6 Å². The Bertz CT molecular complexity index is 399. The Morgan fingerprint density at radius 1 is 1.44 bits per heavy atom. The molecule has 0 aliphatic carbocycles. The molecular formula is C14H19BrN2O. The highest BCUT2D eigenvalue weighted by Crippen LogP contribution is 2.18. The van der Waals surface area contributed by atoms with Gasteiger partial charge >= 0.3 is 0 Å². The molecule has 1 aromatic rings. The van der Waals surface area contributed by atoms with Gasteiger partial charge in [0.25, 0.3) is 0 Å². The second-order valence-corrected chi connectivity index (χ2v) is 5.74. The van der Waals surface area contributed by atoms with Crippen LogP contribution in [0.5, 0.6) is 0 Å². The number of hydrogen-bond donors (Lipinski definition) is 2. The van der Waals surface area contributed by atoms with Gasteiger partial charge in [-0.15, -0.1) is 0 Å². The van der Waals surface area contributed by atoms with Crippen molar-refractivity contribution >= 4 is 21.8 Å². The van der Waals surface area contributed by atoms with Gasteiger partial charge in [0.05, 0.1) is 12.0 Å². The van der Waals surface area contributed by atoms with Crippen LogP contribution in [0.1, 0.15) is 31.4 Å². The molecule has 1 amide bonds. The largest absolute Gasteiger partial charge is 0.349 e. The molecule has 1 saturated heterocycles. The molecule has 1 aromatic carbocycles. The molecule has 1 heterocycles. The van der Waals surface area contributed by atoms with E-state index in [2.05, 4.69) is 26.6 Å². The van der Waals surface area contributed by atoms with Gasteiger partial charge in [0.15, 0.2) is 0 Å². The van der Waals surface area contributed by atoms with Gasteiger partial charge in [-0.2, -0.15) is 0 Å². The summed E-state index contributed by atoms with van der Waals surface area (Å²) >= 11 is 3.41. The van der Waals surface area contributed by atoms with Crippen LogP contribution in [0.3, 0.4) is 0 Å². The summed E-state index contributed by atoms with van der Waals surface area (Å²) in [6, 6.07) is 8.13. The monoisotopic (exact) mass is 310 g/mol. The molecule has 0 spiro atoms. The fourth-order valence-electron chi connectivity index (χ4n) is 2.24. The molecule has 2 N–H and O–H groups in total. The standard InChI is InChI=1S/C14H19BrN2O/c1-10(11-4-6-13(15)7-5-11)17-14(18)12-3-2-8-16-9-12/h4-7,10,12,16H,2-3,8-9H2,1H3,(H,17,18)/t10-,12?/m0/s1. The van der Waals surface area contributed by atoms with Gasteiger partial charge in [-0.05, 0) is 44.0 Å². The predicted molar refractivity (Wildman–Crippen MR) is 76.3 cm³/mol. The van der Waals surface area contributed by atoms with E-state index in [9.17, 15) is 4.79 Å². The van der Waals surface area contributed by atoms with Gasteiger partial charge in [-0.1, -0.05) is 28.1 Å². The SMILES string of the molecule is C[C@H](NC(=O)C1CCCNC1)c1ccc(Br)cc1. The molecule has 18 heavy (non-hydrogen) atoms. The summed E-state index contributed by atoms with van der Waals surface area (Å²) < 4.78 is 1.06. The Kier molecular flexibility index (Phi) is 4.78. The van der Waals surface area contributed by atoms with Gasteiger partial charge in [-0.3, -0.25) is 4.79 Å². The number of piperidine rings is 1. The van der Waals surface area contributed by atoms with E-state index < -0.39 is 0 Å². The van der Waals surface area contributed by atoms with Gasteiger partial charge in [-0.25, -0.2) is 0 Å². The molecule has 0 saturated carbocycles. The highest BCUT2D eigenvalue weighted by molar-refractivity contribution is 9.10. The van der Waals surface area contributed by atoms with Crippen LogP contribution >= 0.6 is 15.9 Å². The lowest BCUT2D eigenvalue weighted by Crippen LogP contribution is -2.41. The average molecular weight is 311 g/mol. The molecule has 4 heteroatoms. The summed E-state index contributed by atoms with van der Waals surface area (Å²) in [5, 5.41) is 6.36. The van der Waals surface area contributed by atoms with Crippen molar-refractivity contribution in [1.29, 1.82) is 0 Å².